The molecule has 0 aliphatic heterocycles. The van der Waals surface area contributed by atoms with Crippen LogP contribution in [-0.4, -0.2) is 16.1 Å². The minimum absolute atomic E-state index is 0.00463. The van der Waals surface area contributed by atoms with Crippen molar-refractivity contribution in [3.8, 4) is 5.75 Å². The first kappa shape index (κ1) is 15.2. The van der Waals surface area contributed by atoms with Crippen LogP contribution in [0, 0.1) is 0 Å². The molecule has 0 unspecified atom stereocenters. The Labute approximate surface area is 127 Å². The lowest BCUT2D eigenvalue weighted by Crippen LogP contribution is -2.13. The number of aliphatic hydroxyl groups excluding tert-OH is 1. The number of oxime groups is 1. The molecule has 0 spiro atoms. The second-order valence-electron chi connectivity index (χ2n) is 4.35. The Hall–Kier alpha value is -2.24. The van der Waals surface area contributed by atoms with Gasteiger partial charge in [0.25, 0.3) is 0 Å². The summed E-state index contributed by atoms with van der Waals surface area (Å²) in [5, 5.41) is 21.2. The van der Waals surface area contributed by atoms with E-state index in [0.717, 1.165) is 5.56 Å². The van der Waals surface area contributed by atoms with Crippen molar-refractivity contribution < 1.29 is 15.1 Å². The van der Waals surface area contributed by atoms with Crippen LogP contribution in [0.1, 0.15) is 16.7 Å². The molecule has 5 nitrogen and oxygen atoms in total. The summed E-state index contributed by atoms with van der Waals surface area (Å²) in [5.41, 5.74) is 7.50. The number of para-hydroxylation sites is 1. The van der Waals surface area contributed by atoms with Crippen molar-refractivity contribution in [1.82, 2.24) is 0 Å². The average Bonchev–Trinajstić information content (AvgIpc) is 2.53. The number of aliphatic hydroxyl groups is 1. The van der Waals surface area contributed by atoms with E-state index < -0.39 is 0 Å². The van der Waals surface area contributed by atoms with Crippen LogP contribution in [0.4, 0.5) is 0 Å². The van der Waals surface area contributed by atoms with Gasteiger partial charge in [0.05, 0.1) is 6.61 Å². The van der Waals surface area contributed by atoms with E-state index in [2.05, 4.69) is 5.16 Å². The van der Waals surface area contributed by atoms with E-state index >= 15 is 0 Å². The standard InChI is InChI=1S/C15H15ClN2O3/c16-13-7-10(15(17)18-20)5-6-12(13)9-21-14-4-2-1-3-11(14)8-19/h1-7,19-20H,8-9H2,(H2,17,18). The molecule has 2 aromatic rings. The number of nitrogens with two attached hydrogens (primary N) is 1. The molecule has 0 aliphatic rings. The summed E-state index contributed by atoms with van der Waals surface area (Å²) < 4.78 is 5.67. The number of hydrogen-bond acceptors (Lipinski definition) is 4. The van der Waals surface area contributed by atoms with Crippen molar-refractivity contribution in [1.29, 1.82) is 0 Å². The quantitative estimate of drug-likeness (QED) is 0.343. The summed E-state index contributed by atoms with van der Waals surface area (Å²) in [6, 6.07) is 12.3. The zero-order valence-corrected chi connectivity index (χ0v) is 11.9. The molecular formula is C15H15ClN2O3. The second-order valence-corrected chi connectivity index (χ2v) is 4.75. The molecule has 0 aliphatic carbocycles. The zero-order chi connectivity index (χ0) is 15.2. The van der Waals surface area contributed by atoms with E-state index in [4.69, 9.17) is 27.3 Å². The molecule has 6 heteroatoms. The van der Waals surface area contributed by atoms with Gasteiger partial charge >= 0.3 is 0 Å². The molecule has 0 atom stereocenters. The van der Waals surface area contributed by atoms with Crippen LogP contribution >= 0.6 is 11.6 Å². The van der Waals surface area contributed by atoms with Crippen LogP contribution in [0.25, 0.3) is 0 Å². The van der Waals surface area contributed by atoms with Gasteiger partial charge in [-0.05, 0) is 12.1 Å². The molecule has 4 N–H and O–H groups in total. The van der Waals surface area contributed by atoms with Gasteiger partial charge in [0.2, 0.25) is 0 Å². The topological polar surface area (TPSA) is 88.1 Å². The van der Waals surface area contributed by atoms with E-state index in [1.807, 2.05) is 12.1 Å². The molecule has 0 heterocycles. The van der Waals surface area contributed by atoms with Crippen LogP contribution in [-0.2, 0) is 13.2 Å². The van der Waals surface area contributed by atoms with Crippen molar-refractivity contribution in [2.45, 2.75) is 13.2 Å². The van der Waals surface area contributed by atoms with Gasteiger partial charge in [0.1, 0.15) is 12.4 Å². The molecule has 0 bridgehead atoms. The van der Waals surface area contributed by atoms with Crippen LogP contribution in [0.2, 0.25) is 5.02 Å². The molecular weight excluding hydrogens is 292 g/mol. The Morgan fingerprint density at radius 2 is 1.95 bits per heavy atom. The summed E-state index contributed by atoms with van der Waals surface area (Å²) in [5.74, 6) is 0.603. The molecule has 2 aromatic carbocycles. The highest BCUT2D eigenvalue weighted by atomic mass is 35.5. The monoisotopic (exact) mass is 306 g/mol. The van der Waals surface area contributed by atoms with Gasteiger partial charge in [0.15, 0.2) is 5.84 Å². The highest BCUT2D eigenvalue weighted by Crippen LogP contribution is 2.23. The Bertz CT molecular complexity index is 659. The first-order valence-electron chi connectivity index (χ1n) is 6.23. The molecule has 2 rings (SSSR count). The summed E-state index contributed by atoms with van der Waals surface area (Å²) in [6.45, 7) is 0.165. The summed E-state index contributed by atoms with van der Waals surface area (Å²) in [7, 11) is 0. The van der Waals surface area contributed by atoms with Gasteiger partial charge in [0, 0.05) is 21.7 Å². The molecule has 0 aromatic heterocycles. The maximum absolute atomic E-state index is 9.24. The van der Waals surface area contributed by atoms with Gasteiger partial charge in [-0.15, -0.1) is 0 Å². The van der Waals surface area contributed by atoms with Crippen molar-refractivity contribution in [3.63, 3.8) is 0 Å². The van der Waals surface area contributed by atoms with Crippen molar-refractivity contribution >= 4 is 17.4 Å². The number of rotatable bonds is 5. The average molecular weight is 307 g/mol. The third-order valence-corrected chi connectivity index (χ3v) is 3.33. The molecule has 110 valence electrons. The van der Waals surface area contributed by atoms with Crippen molar-refractivity contribution in [3.05, 3.63) is 64.2 Å². The number of benzene rings is 2. The van der Waals surface area contributed by atoms with Crippen molar-refractivity contribution in [2.24, 2.45) is 10.9 Å². The summed E-state index contributed by atoms with van der Waals surface area (Å²) in [6.07, 6.45) is 0. The first-order valence-corrected chi connectivity index (χ1v) is 6.61. The van der Waals surface area contributed by atoms with Gasteiger partial charge in [-0.1, -0.05) is 47.1 Å². The smallest absolute Gasteiger partial charge is 0.170 e. The Kier molecular flexibility index (Phi) is 5.03. The van der Waals surface area contributed by atoms with E-state index in [1.165, 1.54) is 0 Å². The minimum atomic E-state index is -0.0909. The van der Waals surface area contributed by atoms with Crippen LogP contribution in [0.15, 0.2) is 47.6 Å². The lowest BCUT2D eigenvalue weighted by atomic mass is 10.1. The molecule has 21 heavy (non-hydrogen) atoms. The van der Waals surface area contributed by atoms with E-state index in [-0.39, 0.29) is 19.0 Å². The molecule has 0 fully saturated rings. The number of nitrogens with zero attached hydrogens (tertiary/aromatic N) is 1. The lowest BCUT2D eigenvalue weighted by Gasteiger charge is -2.11. The zero-order valence-electron chi connectivity index (χ0n) is 11.2. The van der Waals surface area contributed by atoms with E-state index in [9.17, 15) is 5.11 Å². The fraction of sp³-hybridized carbons (Fsp3) is 0.133. The third kappa shape index (κ3) is 3.65. The summed E-state index contributed by atoms with van der Waals surface area (Å²) in [4.78, 5) is 0. The van der Waals surface area contributed by atoms with Gasteiger partial charge in [-0.3, -0.25) is 0 Å². The number of amidine groups is 1. The Morgan fingerprint density at radius 3 is 2.62 bits per heavy atom. The number of hydrogen-bond donors (Lipinski definition) is 3. The van der Waals surface area contributed by atoms with Gasteiger partial charge in [-0.25, -0.2) is 0 Å². The lowest BCUT2D eigenvalue weighted by molar-refractivity contribution is 0.259. The van der Waals surface area contributed by atoms with E-state index in [1.54, 1.807) is 30.3 Å². The molecule has 0 amide bonds. The normalized spacial score (nSPS) is 11.4. The van der Waals surface area contributed by atoms with Gasteiger partial charge < -0.3 is 20.8 Å². The number of halogens is 1. The largest absolute Gasteiger partial charge is 0.488 e. The molecule has 0 saturated carbocycles. The first-order chi connectivity index (χ1) is 10.2. The maximum atomic E-state index is 9.24. The van der Waals surface area contributed by atoms with Gasteiger partial charge in [-0.2, -0.15) is 0 Å². The number of ether oxygens (including phenoxy) is 1. The van der Waals surface area contributed by atoms with Crippen LogP contribution in [0.5, 0.6) is 5.75 Å². The predicted octanol–water partition coefficient (Wildman–Crippen LogP) is 2.51. The van der Waals surface area contributed by atoms with Crippen molar-refractivity contribution in [2.75, 3.05) is 0 Å². The van der Waals surface area contributed by atoms with Crippen LogP contribution < -0.4 is 10.5 Å². The fourth-order valence-corrected chi connectivity index (χ4v) is 2.05. The Morgan fingerprint density at radius 1 is 1.19 bits per heavy atom. The third-order valence-electron chi connectivity index (χ3n) is 2.98. The fourth-order valence-electron chi connectivity index (χ4n) is 1.81. The SMILES string of the molecule is N/C(=N/O)c1ccc(COc2ccccc2CO)c(Cl)c1. The highest BCUT2D eigenvalue weighted by molar-refractivity contribution is 6.31. The van der Waals surface area contributed by atoms with E-state index in [0.29, 0.717) is 21.9 Å². The molecule has 0 radical (unpaired) electrons. The minimum Gasteiger partial charge on any atom is -0.488 e. The second kappa shape index (κ2) is 6.97. The predicted molar refractivity (Wildman–Crippen MR) is 80.7 cm³/mol. The Balaban J connectivity index is 2.14. The molecule has 0 saturated heterocycles. The maximum Gasteiger partial charge on any atom is 0.170 e. The van der Waals surface area contributed by atoms with Crippen LogP contribution in [0.3, 0.4) is 0 Å². The highest BCUT2D eigenvalue weighted by Gasteiger charge is 2.07. The summed E-state index contributed by atoms with van der Waals surface area (Å²) >= 11 is 6.15.